The SMILES string of the molecule is COc1c(C(F)F)cnc(Br)c1C. The van der Waals surface area contributed by atoms with Crippen LogP contribution in [0, 0.1) is 6.92 Å². The molecule has 0 radical (unpaired) electrons. The highest BCUT2D eigenvalue weighted by molar-refractivity contribution is 9.10. The summed E-state index contributed by atoms with van der Waals surface area (Å²) in [6.07, 6.45) is -1.45. The first-order valence-electron chi connectivity index (χ1n) is 3.55. The van der Waals surface area contributed by atoms with Gasteiger partial charge in [0.25, 0.3) is 6.43 Å². The van der Waals surface area contributed by atoms with E-state index in [2.05, 4.69) is 20.9 Å². The molecule has 0 amide bonds. The Morgan fingerprint density at radius 3 is 2.62 bits per heavy atom. The fraction of sp³-hybridized carbons (Fsp3) is 0.375. The maximum Gasteiger partial charge on any atom is 0.268 e. The van der Waals surface area contributed by atoms with Crippen LogP contribution in [0.15, 0.2) is 10.8 Å². The van der Waals surface area contributed by atoms with Crippen molar-refractivity contribution in [3.05, 3.63) is 21.9 Å². The Kier molecular flexibility index (Phi) is 3.19. The summed E-state index contributed by atoms with van der Waals surface area (Å²) in [5.74, 6) is 0.192. The van der Waals surface area contributed by atoms with Crippen molar-refractivity contribution in [1.82, 2.24) is 4.98 Å². The van der Waals surface area contributed by atoms with E-state index < -0.39 is 6.43 Å². The molecule has 0 fully saturated rings. The number of rotatable bonds is 2. The number of methoxy groups -OCH3 is 1. The largest absolute Gasteiger partial charge is 0.496 e. The number of hydrogen-bond acceptors (Lipinski definition) is 2. The Balaban J connectivity index is 3.30. The van der Waals surface area contributed by atoms with Gasteiger partial charge in [-0.05, 0) is 22.9 Å². The highest BCUT2D eigenvalue weighted by Crippen LogP contribution is 2.33. The van der Waals surface area contributed by atoms with Gasteiger partial charge in [0.2, 0.25) is 0 Å². The standard InChI is InChI=1S/C8H8BrF2NO/c1-4-6(13-2)5(8(10)11)3-12-7(4)9/h3,8H,1-2H3. The van der Waals surface area contributed by atoms with Crippen molar-refractivity contribution in [2.24, 2.45) is 0 Å². The maximum absolute atomic E-state index is 12.4. The molecule has 1 heterocycles. The zero-order valence-electron chi connectivity index (χ0n) is 7.14. The number of halogens is 3. The average molecular weight is 252 g/mol. The maximum atomic E-state index is 12.4. The molecule has 1 rings (SSSR count). The molecule has 1 aromatic rings. The minimum Gasteiger partial charge on any atom is -0.496 e. The Labute approximate surface area is 83.1 Å². The topological polar surface area (TPSA) is 22.1 Å². The number of ether oxygens (including phenoxy) is 1. The van der Waals surface area contributed by atoms with Crippen LogP contribution in [0.25, 0.3) is 0 Å². The summed E-state index contributed by atoms with van der Waals surface area (Å²) in [4.78, 5) is 3.77. The highest BCUT2D eigenvalue weighted by atomic mass is 79.9. The van der Waals surface area contributed by atoms with Gasteiger partial charge < -0.3 is 4.74 Å². The molecule has 0 saturated heterocycles. The molecule has 0 aliphatic heterocycles. The molecule has 2 nitrogen and oxygen atoms in total. The second-order valence-corrected chi connectivity index (χ2v) is 3.21. The van der Waals surface area contributed by atoms with Crippen molar-refractivity contribution in [2.75, 3.05) is 7.11 Å². The number of pyridine rings is 1. The lowest BCUT2D eigenvalue weighted by Gasteiger charge is -2.10. The van der Waals surface area contributed by atoms with E-state index in [4.69, 9.17) is 4.74 Å². The molecule has 1 aromatic heterocycles. The molecule has 0 unspecified atom stereocenters. The molecule has 0 aliphatic carbocycles. The quantitative estimate of drug-likeness (QED) is 0.754. The smallest absolute Gasteiger partial charge is 0.268 e. The molecule has 72 valence electrons. The lowest BCUT2D eigenvalue weighted by atomic mass is 10.2. The van der Waals surface area contributed by atoms with Crippen LogP contribution < -0.4 is 4.74 Å². The summed E-state index contributed by atoms with van der Waals surface area (Å²) in [7, 11) is 1.36. The number of nitrogens with zero attached hydrogens (tertiary/aromatic N) is 1. The average Bonchev–Trinajstić information content (AvgIpc) is 2.09. The van der Waals surface area contributed by atoms with Crippen molar-refractivity contribution in [1.29, 1.82) is 0 Å². The first-order valence-corrected chi connectivity index (χ1v) is 4.34. The van der Waals surface area contributed by atoms with E-state index in [-0.39, 0.29) is 11.3 Å². The van der Waals surface area contributed by atoms with Gasteiger partial charge in [0, 0.05) is 11.8 Å². The van der Waals surface area contributed by atoms with Crippen LogP contribution in [0.5, 0.6) is 5.75 Å². The van der Waals surface area contributed by atoms with Gasteiger partial charge in [0.1, 0.15) is 10.4 Å². The van der Waals surface area contributed by atoms with Gasteiger partial charge in [-0.15, -0.1) is 0 Å². The van der Waals surface area contributed by atoms with Gasteiger partial charge in [-0.3, -0.25) is 0 Å². The molecule has 0 N–H and O–H groups in total. The van der Waals surface area contributed by atoms with E-state index in [1.807, 2.05) is 0 Å². The second kappa shape index (κ2) is 4.00. The molecule has 0 spiro atoms. The molecule has 0 atom stereocenters. The van der Waals surface area contributed by atoms with Crippen LogP contribution in [-0.2, 0) is 0 Å². The van der Waals surface area contributed by atoms with E-state index in [1.54, 1.807) is 6.92 Å². The molecule has 0 aromatic carbocycles. The summed E-state index contributed by atoms with van der Waals surface area (Å²) in [6.45, 7) is 1.67. The predicted molar refractivity (Wildman–Crippen MR) is 48.2 cm³/mol. The third-order valence-electron chi connectivity index (χ3n) is 1.67. The Bertz CT molecular complexity index is 317. The van der Waals surface area contributed by atoms with Crippen molar-refractivity contribution in [2.45, 2.75) is 13.3 Å². The first-order chi connectivity index (χ1) is 6.07. The van der Waals surface area contributed by atoms with E-state index in [9.17, 15) is 8.78 Å². The summed E-state index contributed by atoms with van der Waals surface area (Å²) >= 11 is 3.13. The molecule has 0 aliphatic rings. The van der Waals surface area contributed by atoms with Crippen molar-refractivity contribution in [3.63, 3.8) is 0 Å². The van der Waals surface area contributed by atoms with Crippen LogP contribution in [0.1, 0.15) is 17.6 Å². The van der Waals surface area contributed by atoms with E-state index in [0.717, 1.165) is 6.20 Å². The zero-order chi connectivity index (χ0) is 10.0. The van der Waals surface area contributed by atoms with Gasteiger partial charge in [-0.2, -0.15) is 0 Å². The Morgan fingerprint density at radius 2 is 2.15 bits per heavy atom. The molecular formula is C8H8BrF2NO. The van der Waals surface area contributed by atoms with Gasteiger partial charge in [0.15, 0.2) is 0 Å². The predicted octanol–water partition coefficient (Wildman–Crippen LogP) is 3.10. The van der Waals surface area contributed by atoms with Gasteiger partial charge >= 0.3 is 0 Å². The Hall–Kier alpha value is -0.710. The first kappa shape index (κ1) is 10.4. The molecular weight excluding hydrogens is 244 g/mol. The number of aromatic nitrogens is 1. The van der Waals surface area contributed by atoms with E-state index in [1.165, 1.54) is 7.11 Å². The van der Waals surface area contributed by atoms with Crippen LogP contribution in [-0.4, -0.2) is 12.1 Å². The van der Waals surface area contributed by atoms with Gasteiger partial charge in [-0.25, -0.2) is 13.8 Å². The molecule has 0 bridgehead atoms. The normalized spacial score (nSPS) is 10.6. The highest BCUT2D eigenvalue weighted by Gasteiger charge is 2.17. The lowest BCUT2D eigenvalue weighted by molar-refractivity contribution is 0.146. The fourth-order valence-corrected chi connectivity index (χ4v) is 1.30. The van der Waals surface area contributed by atoms with Crippen molar-refractivity contribution in [3.8, 4) is 5.75 Å². The monoisotopic (exact) mass is 251 g/mol. The third-order valence-corrected chi connectivity index (χ3v) is 2.47. The minimum atomic E-state index is -2.56. The van der Waals surface area contributed by atoms with E-state index >= 15 is 0 Å². The van der Waals surface area contributed by atoms with Gasteiger partial charge in [0.05, 0.1) is 12.7 Å². The van der Waals surface area contributed by atoms with Crippen LogP contribution in [0.4, 0.5) is 8.78 Å². The summed E-state index contributed by atoms with van der Waals surface area (Å²) < 4.78 is 30.2. The molecule has 5 heteroatoms. The zero-order valence-corrected chi connectivity index (χ0v) is 8.73. The third kappa shape index (κ3) is 1.96. The molecule has 13 heavy (non-hydrogen) atoms. The van der Waals surface area contributed by atoms with Crippen molar-refractivity contribution >= 4 is 15.9 Å². The minimum absolute atomic E-state index is 0.178. The second-order valence-electron chi connectivity index (χ2n) is 2.46. The van der Waals surface area contributed by atoms with Crippen LogP contribution in [0.2, 0.25) is 0 Å². The summed E-state index contributed by atoms with van der Waals surface area (Å²) in [5, 5.41) is 0. The molecule has 0 saturated carbocycles. The van der Waals surface area contributed by atoms with Crippen LogP contribution in [0.3, 0.4) is 0 Å². The number of alkyl halides is 2. The lowest BCUT2D eigenvalue weighted by Crippen LogP contribution is -1.97. The van der Waals surface area contributed by atoms with Gasteiger partial charge in [-0.1, -0.05) is 0 Å². The van der Waals surface area contributed by atoms with E-state index in [0.29, 0.717) is 10.2 Å². The fourth-order valence-electron chi connectivity index (χ4n) is 1.02. The number of hydrogen-bond donors (Lipinski definition) is 0. The van der Waals surface area contributed by atoms with Crippen molar-refractivity contribution < 1.29 is 13.5 Å². The van der Waals surface area contributed by atoms with Crippen LogP contribution >= 0.6 is 15.9 Å². The Morgan fingerprint density at radius 1 is 1.54 bits per heavy atom. The summed E-state index contributed by atoms with van der Waals surface area (Å²) in [6, 6.07) is 0. The summed E-state index contributed by atoms with van der Waals surface area (Å²) in [5.41, 5.74) is 0.406.